The highest BCUT2D eigenvalue weighted by Crippen LogP contribution is 2.69. The van der Waals surface area contributed by atoms with Crippen molar-refractivity contribution in [3.8, 4) is 0 Å². The molecule has 0 aromatic heterocycles. The van der Waals surface area contributed by atoms with E-state index in [4.69, 9.17) is 23.2 Å². The highest BCUT2D eigenvalue weighted by atomic mass is 35.5. The van der Waals surface area contributed by atoms with Crippen LogP contribution in [0.3, 0.4) is 0 Å². The van der Waals surface area contributed by atoms with E-state index in [1.807, 2.05) is 80.6 Å². The van der Waals surface area contributed by atoms with Gasteiger partial charge in [0.2, 0.25) is 17.7 Å². The van der Waals surface area contributed by atoms with Gasteiger partial charge in [-0.3, -0.25) is 19.3 Å². The van der Waals surface area contributed by atoms with Crippen molar-refractivity contribution in [1.82, 2.24) is 4.90 Å². The zero-order valence-corrected chi connectivity index (χ0v) is 23.5. The molecule has 7 rings (SSSR count). The first-order valence-electron chi connectivity index (χ1n) is 13.5. The Labute approximate surface area is 238 Å². The largest absolute Gasteiger partial charge is 0.326 e. The highest BCUT2D eigenvalue weighted by molar-refractivity contribution is 6.36. The summed E-state index contributed by atoms with van der Waals surface area (Å²) in [6.07, 6.45) is 2.36. The van der Waals surface area contributed by atoms with Gasteiger partial charge in [-0.1, -0.05) is 73.2 Å². The van der Waals surface area contributed by atoms with Crippen molar-refractivity contribution in [2.75, 3.05) is 11.9 Å². The average molecular weight is 562 g/mol. The molecule has 1 aliphatic heterocycles. The molecule has 0 saturated carbocycles. The van der Waals surface area contributed by atoms with Crippen LogP contribution in [0.25, 0.3) is 0 Å². The second-order valence-electron chi connectivity index (χ2n) is 10.9. The summed E-state index contributed by atoms with van der Waals surface area (Å²) in [6.45, 7) is 4.24. The fraction of sp³-hybridized carbons (Fsp3) is 0.344. The molecule has 0 radical (unpaired) electrons. The molecule has 1 fully saturated rings. The lowest BCUT2D eigenvalue weighted by atomic mass is 9.54. The van der Waals surface area contributed by atoms with E-state index in [0.717, 1.165) is 39.1 Å². The van der Waals surface area contributed by atoms with Crippen LogP contribution in [0.1, 0.15) is 59.1 Å². The second kappa shape index (κ2) is 9.50. The summed E-state index contributed by atoms with van der Waals surface area (Å²) >= 11 is 14.9. The van der Waals surface area contributed by atoms with Crippen molar-refractivity contribution in [3.63, 3.8) is 0 Å². The smallest absolute Gasteiger partial charge is 0.235 e. The summed E-state index contributed by atoms with van der Waals surface area (Å²) in [7, 11) is 0. The first kappa shape index (κ1) is 26.1. The van der Waals surface area contributed by atoms with Gasteiger partial charge in [-0.2, -0.15) is 0 Å². The third-order valence-corrected chi connectivity index (χ3v) is 9.99. The van der Waals surface area contributed by atoms with Gasteiger partial charge in [-0.15, -0.1) is 23.2 Å². The number of likely N-dealkylation sites (tertiary alicyclic amines) is 1. The molecule has 39 heavy (non-hydrogen) atoms. The number of rotatable bonds is 7. The molecule has 4 aliphatic rings. The molecule has 3 aromatic carbocycles. The number of amides is 3. The minimum absolute atomic E-state index is 0.0352. The van der Waals surface area contributed by atoms with Gasteiger partial charge in [0.15, 0.2) is 0 Å². The maximum absolute atomic E-state index is 13.8. The number of nitrogens with one attached hydrogen (secondary N) is 1. The van der Waals surface area contributed by atoms with Gasteiger partial charge < -0.3 is 5.32 Å². The highest BCUT2D eigenvalue weighted by Gasteiger charge is 2.72. The zero-order valence-electron chi connectivity index (χ0n) is 22.0. The average Bonchev–Trinajstić information content (AvgIpc) is 3.19. The number of halogens is 2. The molecule has 0 spiro atoms. The van der Waals surface area contributed by atoms with Gasteiger partial charge in [0.25, 0.3) is 0 Å². The fourth-order valence-electron chi connectivity index (χ4n) is 6.89. The Balaban J connectivity index is 1.16. The molecule has 2 atom stereocenters. The number of hydrogen-bond donors (Lipinski definition) is 1. The maximum atomic E-state index is 13.8. The molecular weight excluding hydrogens is 531 g/mol. The fourth-order valence-corrected chi connectivity index (χ4v) is 7.99. The number of nitrogens with zero attached hydrogens (tertiary/aromatic N) is 1. The van der Waals surface area contributed by atoms with E-state index in [2.05, 4.69) is 5.32 Å². The van der Waals surface area contributed by atoms with E-state index in [1.54, 1.807) is 0 Å². The normalized spacial score (nSPS) is 26.3. The van der Waals surface area contributed by atoms with E-state index >= 15 is 0 Å². The lowest BCUT2D eigenvalue weighted by Crippen LogP contribution is -2.57. The molecule has 200 valence electrons. The molecule has 7 heteroatoms. The molecular formula is C32H30Cl2N2O3. The predicted molar refractivity (Wildman–Crippen MR) is 153 cm³/mol. The van der Waals surface area contributed by atoms with Crippen LogP contribution in [0.5, 0.6) is 0 Å². The van der Waals surface area contributed by atoms with Crippen LogP contribution in [-0.2, 0) is 24.1 Å². The lowest BCUT2D eigenvalue weighted by molar-refractivity contribution is -0.140. The number of imide groups is 1. The first-order valence-corrected chi connectivity index (χ1v) is 14.3. The molecule has 3 amide bonds. The summed E-state index contributed by atoms with van der Waals surface area (Å²) < 4.78 is 0. The molecule has 0 unspecified atom stereocenters. The Morgan fingerprint density at radius 2 is 1.21 bits per heavy atom. The molecule has 1 heterocycles. The number of unbranched alkanes of at least 4 members (excludes halogenated alkanes) is 2. The number of hydrogen-bond acceptors (Lipinski definition) is 3. The van der Waals surface area contributed by atoms with Crippen molar-refractivity contribution in [2.24, 2.45) is 11.8 Å². The summed E-state index contributed by atoms with van der Waals surface area (Å²) in [6, 6.07) is 21.2. The molecule has 2 bridgehead atoms. The Kier molecular flexibility index (Phi) is 6.35. The van der Waals surface area contributed by atoms with Crippen molar-refractivity contribution >= 4 is 46.6 Å². The predicted octanol–water partition coefficient (Wildman–Crippen LogP) is 6.40. The summed E-state index contributed by atoms with van der Waals surface area (Å²) in [5.74, 6) is -2.09. The standard InChI is InChI=1S/C32H30Cl2N2O3/c1-19-11-10-12-20(2)28(19)35-25(37)17-4-3-9-18-36-29(38)26-27(30(36)39)32(34)22-14-6-5-13-21(22)31(26,33)23-15-7-8-16-24(23)32/h5-8,10-16,26-27H,3-4,9,17-18H2,1-2H3,(H,35,37)/t26-,27+,31?,32?. The van der Waals surface area contributed by atoms with Crippen molar-refractivity contribution in [3.05, 3.63) is 100 Å². The van der Waals surface area contributed by atoms with Gasteiger partial charge in [0.05, 0.1) is 11.8 Å². The van der Waals surface area contributed by atoms with Crippen LogP contribution in [0.2, 0.25) is 0 Å². The SMILES string of the molecule is Cc1cccc(C)c1NC(=O)CCCCCN1C(=O)[C@@H]2[C@H](C1=O)C1(Cl)c3ccccc3C2(Cl)c2ccccc21. The topological polar surface area (TPSA) is 66.5 Å². The Bertz CT molecular complexity index is 1380. The first-order chi connectivity index (χ1) is 18.7. The molecule has 1 N–H and O–H groups in total. The van der Waals surface area contributed by atoms with Gasteiger partial charge in [-0.25, -0.2) is 0 Å². The number of anilines is 1. The minimum atomic E-state index is -1.15. The van der Waals surface area contributed by atoms with E-state index < -0.39 is 21.6 Å². The maximum Gasteiger partial charge on any atom is 0.235 e. The number of carbonyl (C=O) groups is 3. The zero-order chi connectivity index (χ0) is 27.5. The van der Waals surface area contributed by atoms with Gasteiger partial charge >= 0.3 is 0 Å². The third-order valence-electron chi connectivity index (χ3n) is 8.71. The number of alkyl halides is 2. The Hall–Kier alpha value is -3.15. The third kappa shape index (κ3) is 3.70. The van der Waals surface area contributed by atoms with Gasteiger partial charge in [0.1, 0.15) is 9.75 Å². The van der Waals surface area contributed by atoms with Crippen LogP contribution in [0.15, 0.2) is 66.7 Å². The minimum Gasteiger partial charge on any atom is -0.326 e. The van der Waals surface area contributed by atoms with Gasteiger partial charge in [-0.05, 0) is 60.1 Å². The van der Waals surface area contributed by atoms with E-state index in [0.29, 0.717) is 25.7 Å². The summed E-state index contributed by atoms with van der Waals surface area (Å²) in [5.41, 5.74) is 6.14. The molecule has 3 aromatic rings. The van der Waals surface area contributed by atoms with E-state index in [1.165, 1.54) is 4.90 Å². The van der Waals surface area contributed by atoms with Crippen molar-refractivity contribution in [1.29, 1.82) is 0 Å². The molecule has 1 saturated heterocycles. The number of para-hydroxylation sites is 1. The summed E-state index contributed by atoms with van der Waals surface area (Å²) in [5, 5.41) is 3.01. The number of benzene rings is 3. The Morgan fingerprint density at radius 3 is 1.67 bits per heavy atom. The second-order valence-corrected chi connectivity index (χ2v) is 12.1. The molecule has 5 nitrogen and oxygen atoms in total. The summed E-state index contributed by atoms with van der Waals surface area (Å²) in [4.78, 5) is 39.3. The van der Waals surface area contributed by atoms with E-state index in [-0.39, 0.29) is 24.3 Å². The van der Waals surface area contributed by atoms with E-state index in [9.17, 15) is 14.4 Å². The quantitative estimate of drug-likeness (QED) is 0.206. The lowest BCUT2D eigenvalue weighted by Gasteiger charge is -2.54. The van der Waals surface area contributed by atoms with Crippen LogP contribution < -0.4 is 5.32 Å². The monoisotopic (exact) mass is 560 g/mol. The van der Waals surface area contributed by atoms with Gasteiger partial charge in [0, 0.05) is 18.7 Å². The Morgan fingerprint density at radius 1 is 0.744 bits per heavy atom. The molecule has 3 aliphatic carbocycles. The van der Waals surface area contributed by atoms with Crippen molar-refractivity contribution < 1.29 is 14.4 Å². The van der Waals surface area contributed by atoms with Crippen LogP contribution in [-0.4, -0.2) is 29.2 Å². The van der Waals surface area contributed by atoms with Crippen LogP contribution in [0.4, 0.5) is 5.69 Å². The van der Waals surface area contributed by atoms with Crippen molar-refractivity contribution in [2.45, 2.75) is 49.3 Å². The van der Waals surface area contributed by atoms with Crippen LogP contribution in [0, 0.1) is 25.7 Å². The van der Waals surface area contributed by atoms with Crippen LogP contribution >= 0.6 is 23.2 Å². The number of carbonyl (C=O) groups excluding carboxylic acids is 3. The number of aryl methyl sites for hydroxylation is 2.